The molecule has 0 aliphatic heterocycles. The molecule has 1 saturated carbocycles. The van der Waals surface area contributed by atoms with Crippen molar-refractivity contribution in [1.29, 1.82) is 0 Å². The minimum absolute atomic E-state index is 0.0273. The Kier molecular flexibility index (Phi) is 7.42. The van der Waals surface area contributed by atoms with Crippen molar-refractivity contribution in [3.8, 4) is 0 Å². The number of rotatable bonds is 7. The molecule has 1 aliphatic rings. The molecule has 1 unspecified atom stereocenters. The molecular formula is C21H26FN3O2S. The third kappa shape index (κ3) is 6.05. The topological polar surface area (TPSA) is 70.2 Å². The van der Waals surface area contributed by atoms with Crippen LogP contribution in [0.5, 0.6) is 0 Å². The first-order chi connectivity index (χ1) is 13.6. The van der Waals surface area contributed by atoms with E-state index in [1.165, 1.54) is 42.7 Å². The summed E-state index contributed by atoms with van der Waals surface area (Å²) in [5.41, 5.74) is 0.800. The van der Waals surface area contributed by atoms with Crippen LogP contribution in [0, 0.1) is 5.82 Å². The minimum atomic E-state index is -0.364. The van der Waals surface area contributed by atoms with Crippen LogP contribution in [0.1, 0.15) is 55.0 Å². The Bertz CT molecular complexity index is 758. The molecule has 1 aliphatic carbocycles. The van der Waals surface area contributed by atoms with Gasteiger partial charge in [-0.25, -0.2) is 9.18 Å². The first kappa shape index (κ1) is 20.3. The molecule has 5 nitrogen and oxygen atoms in total. The van der Waals surface area contributed by atoms with E-state index in [1.54, 1.807) is 12.1 Å². The summed E-state index contributed by atoms with van der Waals surface area (Å²) < 4.78 is 13.2. The molecule has 1 atom stereocenters. The molecule has 1 aromatic heterocycles. The predicted octanol–water partition coefficient (Wildman–Crippen LogP) is 4.11. The van der Waals surface area contributed by atoms with Gasteiger partial charge in [-0.1, -0.05) is 37.5 Å². The highest BCUT2D eigenvalue weighted by atomic mass is 32.1. The van der Waals surface area contributed by atoms with E-state index >= 15 is 0 Å². The molecule has 3 amide bonds. The monoisotopic (exact) mass is 403 g/mol. The highest BCUT2D eigenvalue weighted by Crippen LogP contribution is 2.26. The fraction of sp³-hybridized carbons (Fsp3) is 0.429. The van der Waals surface area contributed by atoms with Crippen molar-refractivity contribution in [2.24, 2.45) is 0 Å². The van der Waals surface area contributed by atoms with Crippen LogP contribution in [0.25, 0.3) is 0 Å². The number of urea groups is 1. The first-order valence-electron chi connectivity index (χ1n) is 9.74. The third-order valence-corrected chi connectivity index (χ3v) is 5.85. The van der Waals surface area contributed by atoms with Gasteiger partial charge in [0.05, 0.1) is 6.04 Å². The summed E-state index contributed by atoms with van der Waals surface area (Å²) in [6.07, 6.45) is 5.91. The first-order valence-corrected chi connectivity index (χ1v) is 10.6. The van der Waals surface area contributed by atoms with Crippen LogP contribution >= 0.6 is 11.3 Å². The molecule has 28 heavy (non-hydrogen) atoms. The maximum atomic E-state index is 13.2. The van der Waals surface area contributed by atoms with Crippen LogP contribution in [0.4, 0.5) is 9.18 Å². The standard InChI is InChI=1S/C21H26FN3O2S/c22-16-10-8-15(9-11-16)20(18-7-4-14-28-18)25-21(27)23-13-12-19(26)24-17-5-2-1-3-6-17/h4,7-11,14,17,20H,1-3,5-6,12-13H2,(H,24,26)(H2,23,25,27). The van der Waals surface area contributed by atoms with E-state index in [0.717, 1.165) is 23.3 Å². The fourth-order valence-electron chi connectivity index (χ4n) is 3.45. The van der Waals surface area contributed by atoms with Gasteiger partial charge in [0.25, 0.3) is 0 Å². The maximum absolute atomic E-state index is 13.2. The average molecular weight is 404 g/mol. The van der Waals surface area contributed by atoms with Gasteiger partial charge >= 0.3 is 6.03 Å². The molecule has 1 heterocycles. The molecule has 0 saturated heterocycles. The Morgan fingerprint density at radius 1 is 1.11 bits per heavy atom. The van der Waals surface area contributed by atoms with Crippen molar-refractivity contribution in [2.45, 2.75) is 50.6 Å². The quantitative estimate of drug-likeness (QED) is 0.651. The zero-order valence-electron chi connectivity index (χ0n) is 15.7. The molecule has 7 heteroatoms. The Morgan fingerprint density at radius 2 is 1.86 bits per heavy atom. The number of halogens is 1. The summed E-state index contributed by atoms with van der Waals surface area (Å²) in [4.78, 5) is 25.3. The summed E-state index contributed by atoms with van der Waals surface area (Å²) >= 11 is 1.52. The third-order valence-electron chi connectivity index (χ3n) is 4.91. The van der Waals surface area contributed by atoms with Crippen molar-refractivity contribution in [2.75, 3.05) is 6.54 Å². The van der Waals surface area contributed by atoms with Gasteiger partial charge < -0.3 is 16.0 Å². The minimum Gasteiger partial charge on any atom is -0.353 e. The highest BCUT2D eigenvalue weighted by molar-refractivity contribution is 7.10. The zero-order valence-corrected chi connectivity index (χ0v) is 16.6. The van der Waals surface area contributed by atoms with Crippen molar-refractivity contribution >= 4 is 23.3 Å². The molecule has 3 rings (SSSR count). The smallest absolute Gasteiger partial charge is 0.315 e. The van der Waals surface area contributed by atoms with Gasteiger partial charge in [-0.3, -0.25) is 4.79 Å². The normalized spacial score (nSPS) is 15.6. The van der Waals surface area contributed by atoms with Crippen LogP contribution in [0.3, 0.4) is 0 Å². The lowest BCUT2D eigenvalue weighted by Crippen LogP contribution is -2.41. The number of hydrogen-bond acceptors (Lipinski definition) is 3. The van der Waals surface area contributed by atoms with Crippen LogP contribution in [-0.2, 0) is 4.79 Å². The molecule has 2 aromatic rings. The zero-order chi connectivity index (χ0) is 19.8. The second kappa shape index (κ2) is 10.2. The predicted molar refractivity (Wildman–Crippen MR) is 109 cm³/mol. The molecule has 1 fully saturated rings. The lowest BCUT2D eigenvalue weighted by atomic mass is 9.95. The molecule has 0 radical (unpaired) electrons. The summed E-state index contributed by atoms with van der Waals surface area (Å²) in [5, 5.41) is 10.6. The second-order valence-electron chi connectivity index (χ2n) is 7.05. The number of benzene rings is 1. The van der Waals surface area contributed by atoms with E-state index < -0.39 is 0 Å². The highest BCUT2D eigenvalue weighted by Gasteiger charge is 2.19. The summed E-state index contributed by atoms with van der Waals surface area (Å²) in [6.45, 7) is 0.269. The Balaban J connectivity index is 1.48. The summed E-state index contributed by atoms with van der Waals surface area (Å²) in [6, 6.07) is 9.48. The van der Waals surface area contributed by atoms with Crippen molar-refractivity contribution in [3.05, 3.63) is 58.0 Å². The maximum Gasteiger partial charge on any atom is 0.315 e. The number of thiophene rings is 1. The van der Waals surface area contributed by atoms with E-state index in [1.807, 2.05) is 17.5 Å². The molecule has 0 bridgehead atoms. The Morgan fingerprint density at radius 3 is 2.54 bits per heavy atom. The van der Waals surface area contributed by atoms with Gasteiger partial charge in [0, 0.05) is 23.9 Å². The molecule has 150 valence electrons. The largest absolute Gasteiger partial charge is 0.353 e. The molecular weight excluding hydrogens is 377 g/mol. The SMILES string of the molecule is O=C(CCNC(=O)NC(c1ccc(F)cc1)c1cccs1)NC1CCCCC1. The number of carbonyl (C=O) groups excluding carboxylic acids is 2. The second-order valence-corrected chi connectivity index (χ2v) is 8.03. The number of carbonyl (C=O) groups is 2. The van der Waals surface area contributed by atoms with Crippen LogP contribution < -0.4 is 16.0 Å². The molecule has 0 spiro atoms. The van der Waals surface area contributed by atoms with Gasteiger partial charge in [0.2, 0.25) is 5.91 Å². The van der Waals surface area contributed by atoms with Crippen molar-refractivity contribution in [3.63, 3.8) is 0 Å². The molecule has 1 aromatic carbocycles. The van der Waals surface area contributed by atoms with Gasteiger partial charge in [0.15, 0.2) is 0 Å². The number of hydrogen-bond donors (Lipinski definition) is 3. The lowest BCUT2D eigenvalue weighted by Gasteiger charge is -2.23. The van der Waals surface area contributed by atoms with Crippen molar-refractivity contribution < 1.29 is 14.0 Å². The van der Waals surface area contributed by atoms with Crippen molar-refractivity contribution in [1.82, 2.24) is 16.0 Å². The van der Waals surface area contributed by atoms with Gasteiger partial charge in [-0.15, -0.1) is 11.3 Å². The Hall–Kier alpha value is -2.41. The lowest BCUT2D eigenvalue weighted by molar-refractivity contribution is -0.121. The van der Waals surface area contributed by atoms with Crippen LogP contribution in [-0.4, -0.2) is 24.5 Å². The average Bonchev–Trinajstić information content (AvgIpc) is 3.22. The van der Waals surface area contributed by atoms with Gasteiger partial charge in [-0.2, -0.15) is 0 Å². The van der Waals surface area contributed by atoms with E-state index in [2.05, 4.69) is 16.0 Å². The number of nitrogens with one attached hydrogen (secondary N) is 3. The summed E-state index contributed by atoms with van der Waals surface area (Å²) in [7, 11) is 0. The Labute approximate surface area is 168 Å². The molecule has 3 N–H and O–H groups in total. The van der Waals surface area contributed by atoms with E-state index in [9.17, 15) is 14.0 Å². The van der Waals surface area contributed by atoms with E-state index in [4.69, 9.17) is 0 Å². The van der Waals surface area contributed by atoms with Crippen LogP contribution in [0.2, 0.25) is 0 Å². The summed E-state index contributed by atoms with van der Waals surface area (Å²) in [5.74, 6) is -0.345. The number of amides is 3. The fourth-order valence-corrected chi connectivity index (χ4v) is 4.25. The van der Waals surface area contributed by atoms with Gasteiger partial charge in [0.1, 0.15) is 5.82 Å². The van der Waals surface area contributed by atoms with Gasteiger partial charge in [-0.05, 0) is 42.0 Å². The van der Waals surface area contributed by atoms with E-state index in [0.29, 0.717) is 0 Å². The van der Waals surface area contributed by atoms with E-state index in [-0.39, 0.29) is 42.8 Å². The van der Waals surface area contributed by atoms with Crippen LogP contribution in [0.15, 0.2) is 41.8 Å².